The van der Waals surface area contributed by atoms with Crippen LogP contribution in [0.15, 0.2) is 18.2 Å². The van der Waals surface area contributed by atoms with E-state index in [9.17, 15) is 19.8 Å². The molecule has 53 heavy (non-hydrogen) atoms. The summed E-state index contributed by atoms with van der Waals surface area (Å²) in [4.78, 5) is 27.1. The first-order valence-corrected chi connectivity index (χ1v) is 21.1. The van der Waals surface area contributed by atoms with E-state index in [4.69, 9.17) is 4.74 Å². The number of rotatable bonds is 20. The van der Waals surface area contributed by atoms with Crippen molar-refractivity contribution < 1.29 is 24.5 Å². The number of ether oxygens (including phenoxy) is 1. The number of hydrogen-bond donors (Lipinski definition) is 2. The van der Waals surface area contributed by atoms with Crippen molar-refractivity contribution in [2.75, 3.05) is 0 Å². The fraction of sp³-hybridized carbons (Fsp3) is 0.708. The molecule has 0 aliphatic rings. The van der Waals surface area contributed by atoms with E-state index in [0.29, 0.717) is 40.0 Å². The van der Waals surface area contributed by atoms with Crippen molar-refractivity contribution in [3.05, 3.63) is 57.1 Å². The first-order valence-electron chi connectivity index (χ1n) is 21.1. The van der Waals surface area contributed by atoms with E-state index in [-0.39, 0.29) is 5.75 Å². The van der Waals surface area contributed by atoms with Gasteiger partial charge in [-0.1, -0.05) is 186 Å². The molecule has 0 radical (unpaired) electrons. The van der Waals surface area contributed by atoms with E-state index in [1.807, 2.05) is 62.3 Å². The Morgan fingerprint density at radius 1 is 0.547 bits per heavy atom. The average molecular weight is 735 g/mol. The summed E-state index contributed by atoms with van der Waals surface area (Å²) in [6.07, 6.45) is 21.1. The van der Waals surface area contributed by atoms with Crippen LogP contribution in [-0.4, -0.2) is 22.2 Å². The van der Waals surface area contributed by atoms with Crippen LogP contribution in [0.1, 0.15) is 241 Å². The van der Waals surface area contributed by atoms with E-state index in [1.165, 1.54) is 83.5 Å². The molecule has 0 saturated carbocycles. The highest BCUT2D eigenvalue weighted by Crippen LogP contribution is 2.45. The Hall–Kier alpha value is -2.82. The SMILES string of the molecule is CCCCCCCCCCCCCCCCCCc1c(C(=O)O)cc(C(C)(C)C)c(OC(=O)c2cc(C(C)(C)C)c(O)c(C(C)(C)C)c2)c1C(C)(C)C. The molecule has 5 nitrogen and oxygen atoms in total. The number of hydrogen-bond acceptors (Lipinski definition) is 4. The van der Waals surface area contributed by atoms with Gasteiger partial charge in [0.05, 0.1) is 11.1 Å². The van der Waals surface area contributed by atoms with Crippen molar-refractivity contribution in [3.63, 3.8) is 0 Å². The summed E-state index contributed by atoms with van der Waals surface area (Å²) in [5, 5.41) is 21.8. The lowest BCUT2D eigenvalue weighted by Gasteiger charge is -2.33. The highest BCUT2D eigenvalue weighted by Gasteiger charge is 2.35. The predicted molar refractivity (Wildman–Crippen MR) is 225 cm³/mol. The van der Waals surface area contributed by atoms with E-state index < -0.39 is 33.6 Å². The van der Waals surface area contributed by atoms with Crippen LogP contribution in [0.3, 0.4) is 0 Å². The van der Waals surface area contributed by atoms with Gasteiger partial charge in [0, 0.05) is 22.3 Å². The zero-order valence-electron chi connectivity index (χ0n) is 36.4. The second kappa shape index (κ2) is 20.2. The molecular weight excluding hydrogens is 657 g/mol. The normalized spacial score (nSPS) is 12.7. The van der Waals surface area contributed by atoms with E-state index in [0.717, 1.165) is 30.4 Å². The highest BCUT2D eigenvalue weighted by molar-refractivity contribution is 5.94. The maximum atomic E-state index is 14.3. The summed E-state index contributed by atoms with van der Waals surface area (Å²) >= 11 is 0. The van der Waals surface area contributed by atoms with Crippen molar-refractivity contribution in [1.29, 1.82) is 0 Å². The zero-order chi connectivity index (χ0) is 40.2. The maximum Gasteiger partial charge on any atom is 0.343 e. The van der Waals surface area contributed by atoms with Crippen LogP contribution in [-0.2, 0) is 28.1 Å². The van der Waals surface area contributed by atoms with Gasteiger partial charge in [-0.2, -0.15) is 0 Å². The fourth-order valence-corrected chi connectivity index (χ4v) is 7.51. The molecule has 0 amide bonds. The van der Waals surface area contributed by atoms with Crippen LogP contribution in [0.5, 0.6) is 11.5 Å². The van der Waals surface area contributed by atoms with Crippen LogP contribution in [0.4, 0.5) is 0 Å². The third-order valence-electron chi connectivity index (χ3n) is 10.6. The smallest absolute Gasteiger partial charge is 0.343 e. The number of carbonyl (C=O) groups is 2. The van der Waals surface area contributed by atoms with Gasteiger partial charge in [-0.25, -0.2) is 9.59 Å². The topological polar surface area (TPSA) is 83.8 Å². The third kappa shape index (κ3) is 14.4. The number of carboxylic acids is 1. The summed E-state index contributed by atoms with van der Waals surface area (Å²) in [7, 11) is 0. The molecule has 0 saturated heterocycles. The summed E-state index contributed by atoms with van der Waals surface area (Å²) in [5.74, 6) is -0.782. The van der Waals surface area contributed by atoms with Crippen LogP contribution in [0.2, 0.25) is 0 Å². The number of phenolic OH excluding ortho intramolecular Hbond substituents is 1. The molecule has 0 heterocycles. The van der Waals surface area contributed by atoms with Crippen LogP contribution in [0, 0.1) is 0 Å². The Morgan fingerprint density at radius 3 is 1.26 bits per heavy atom. The minimum atomic E-state index is -0.950. The van der Waals surface area contributed by atoms with Gasteiger partial charge in [0.15, 0.2) is 0 Å². The number of esters is 1. The molecule has 300 valence electrons. The van der Waals surface area contributed by atoms with E-state index >= 15 is 0 Å². The largest absolute Gasteiger partial charge is 0.507 e. The summed E-state index contributed by atoms with van der Waals surface area (Å²) < 4.78 is 6.49. The number of benzene rings is 2. The molecule has 2 rings (SSSR count). The molecule has 0 aliphatic carbocycles. The van der Waals surface area contributed by atoms with Crippen LogP contribution >= 0.6 is 0 Å². The lowest BCUT2D eigenvalue weighted by atomic mass is 9.74. The van der Waals surface area contributed by atoms with Gasteiger partial charge in [0.25, 0.3) is 0 Å². The molecule has 0 aliphatic heterocycles. The predicted octanol–water partition coefficient (Wildman–Crippen LogP) is 14.3. The lowest BCUT2D eigenvalue weighted by molar-refractivity contribution is 0.0695. The zero-order valence-corrected chi connectivity index (χ0v) is 36.4. The molecule has 5 heteroatoms. The number of carbonyl (C=O) groups excluding carboxylic acids is 1. The van der Waals surface area contributed by atoms with Gasteiger partial charge < -0.3 is 14.9 Å². The van der Waals surface area contributed by atoms with E-state index in [1.54, 1.807) is 18.2 Å². The van der Waals surface area contributed by atoms with Crippen molar-refractivity contribution in [2.24, 2.45) is 0 Å². The third-order valence-corrected chi connectivity index (χ3v) is 10.6. The van der Waals surface area contributed by atoms with Gasteiger partial charge in [-0.3, -0.25) is 0 Å². The van der Waals surface area contributed by atoms with Crippen molar-refractivity contribution in [2.45, 2.75) is 221 Å². The molecule has 2 aromatic rings. The second-order valence-electron chi connectivity index (χ2n) is 19.8. The van der Waals surface area contributed by atoms with Crippen LogP contribution < -0.4 is 4.74 Å². The molecule has 0 unspecified atom stereocenters. The van der Waals surface area contributed by atoms with E-state index in [2.05, 4.69) is 27.7 Å². The van der Waals surface area contributed by atoms with Gasteiger partial charge in [0.2, 0.25) is 0 Å². The molecule has 0 fully saturated rings. The first-order chi connectivity index (χ1) is 24.5. The number of unbranched alkanes of at least 4 members (excludes halogenated alkanes) is 15. The maximum absolute atomic E-state index is 14.3. The van der Waals surface area contributed by atoms with Crippen molar-refractivity contribution in [1.82, 2.24) is 0 Å². The van der Waals surface area contributed by atoms with Gasteiger partial charge in [-0.05, 0) is 58.3 Å². The molecule has 0 bridgehead atoms. The minimum Gasteiger partial charge on any atom is -0.507 e. The van der Waals surface area contributed by atoms with Gasteiger partial charge in [0.1, 0.15) is 11.5 Å². The number of aromatic hydroxyl groups is 1. The van der Waals surface area contributed by atoms with Gasteiger partial charge >= 0.3 is 11.9 Å². The second-order valence-corrected chi connectivity index (χ2v) is 19.8. The monoisotopic (exact) mass is 735 g/mol. The Balaban J connectivity index is 2.29. The number of carboxylic acid groups (broad SMARTS) is 1. The first kappa shape index (κ1) is 46.3. The Morgan fingerprint density at radius 2 is 0.925 bits per heavy atom. The summed E-state index contributed by atoms with van der Waals surface area (Å²) in [6, 6.07) is 5.26. The molecule has 0 atom stereocenters. The average Bonchev–Trinajstić information content (AvgIpc) is 3.02. The number of phenols is 1. The van der Waals surface area contributed by atoms with Crippen molar-refractivity contribution in [3.8, 4) is 11.5 Å². The quantitative estimate of drug-likeness (QED) is 0.0804. The van der Waals surface area contributed by atoms with Crippen LogP contribution in [0.25, 0.3) is 0 Å². The Labute approximate surface area is 325 Å². The van der Waals surface area contributed by atoms with Gasteiger partial charge in [-0.15, -0.1) is 0 Å². The molecular formula is C48H78O5. The number of aromatic carboxylic acids is 1. The lowest BCUT2D eigenvalue weighted by Crippen LogP contribution is -2.26. The Bertz CT molecular complexity index is 1430. The summed E-state index contributed by atoms with van der Waals surface area (Å²) in [5.41, 5.74) is 2.52. The molecule has 0 spiro atoms. The fourth-order valence-electron chi connectivity index (χ4n) is 7.51. The standard InChI is InChI=1S/C48H78O5/c1-14-15-16-17-18-19-20-21-22-23-24-25-26-27-28-29-30-35-36(43(50)51)33-39(47(8,9)10)42(40(35)48(11,12)13)53-44(52)34-31-37(45(2,3)4)41(49)38(32-34)46(5,6)7/h31-33,49H,14-30H2,1-13H3,(H,50,51). The highest BCUT2D eigenvalue weighted by atomic mass is 16.5. The Kier molecular flexibility index (Phi) is 17.7. The molecule has 0 aromatic heterocycles. The molecule has 2 aromatic carbocycles. The summed E-state index contributed by atoms with van der Waals surface area (Å²) in [6.45, 7) is 26.7. The molecule has 2 N–H and O–H groups in total. The van der Waals surface area contributed by atoms with Crippen molar-refractivity contribution >= 4 is 11.9 Å². The minimum absolute atomic E-state index is 0.208.